The maximum atomic E-state index is 11.8. The highest BCUT2D eigenvalue weighted by molar-refractivity contribution is 9.10. The van der Waals surface area contributed by atoms with Gasteiger partial charge < -0.3 is 4.74 Å². The Kier molecular flexibility index (Phi) is 6.01. The molecule has 0 aromatic heterocycles. The van der Waals surface area contributed by atoms with E-state index in [0.29, 0.717) is 16.3 Å². The van der Waals surface area contributed by atoms with E-state index < -0.39 is 11.8 Å². The molecule has 2 amide bonds. The molecule has 0 saturated heterocycles. The lowest BCUT2D eigenvalue weighted by Gasteiger charge is -2.10. The number of benzene rings is 2. The zero-order valence-electron chi connectivity index (χ0n) is 12.2. The van der Waals surface area contributed by atoms with Gasteiger partial charge in [-0.05, 0) is 48.9 Å². The maximum absolute atomic E-state index is 11.8. The van der Waals surface area contributed by atoms with Crippen LogP contribution in [0.1, 0.15) is 15.9 Å². The van der Waals surface area contributed by atoms with Crippen LogP contribution in [-0.4, -0.2) is 18.4 Å². The Morgan fingerprint density at radius 2 is 1.96 bits per heavy atom. The zero-order valence-corrected chi connectivity index (χ0v) is 14.6. The van der Waals surface area contributed by atoms with Crippen LogP contribution in [0.15, 0.2) is 46.9 Å². The van der Waals surface area contributed by atoms with Gasteiger partial charge >= 0.3 is 0 Å². The first-order valence-corrected chi connectivity index (χ1v) is 7.86. The monoisotopic (exact) mass is 396 g/mol. The van der Waals surface area contributed by atoms with Gasteiger partial charge in [0.05, 0.1) is 0 Å². The summed E-state index contributed by atoms with van der Waals surface area (Å²) < 4.78 is 6.34. The minimum Gasteiger partial charge on any atom is -0.483 e. The topological polar surface area (TPSA) is 67.4 Å². The van der Waals surface area contributed by atoms with Crippen molar-refractivity contribution in [3.05, 3.63) is 63.1 Å². The fraction of sp³-hybridized carbons (Fsp3) is 0.125. The van der Waals surface area contributed by atoms with Crippen molar-refractivity contribution in [1.82, 2.24) is 10.9 Å². The normalized spacial score (nSPS) is 10.0. The Bertz CT molecular complexity index is 737. The zero-order chi connectivity index (χ0) is 16.8. The van der Waals surface area contributed by atoms with Crippen molar-refractivity contribution in [2.24, 2.45) is 0 Å². The molecular weight excluding hydrogens is 384 g/mol. The summed E-state index contributed by atoms with van der Waals surface area (Å²) in [6, 6.07) is 11.9. The molecule has 0 aliphatic rings. The van der Waals surface area contributed by atoms with Gasteiger partial charge in [0, 0.05) is 15.1 Å². The fourth-order valence-electron chi connectivity index (χ4n) is 1.78. The number of nitrogens with one attached hydrogen (secondary N) is 2. The van der Waals surface area contributed by atoms with Gasteiger partial charge in [-0.1, -0.05) is 33.6 Å². The minimum atomic E-state index is -0.470. The van der Waals surface area contributed by atoms with Crippen molar-refractivity contribution < 1.29 is 14.3 Å². The molecule has 0 saturated carbocycles. The molecule has 2 rings (SSSR count). The van der Waals surface area contributed by atoms with E-state index in [4.69, 9.17) is 16.3 Å². The molecular formula is C16H14BrClN2O3. The third-order valence-corrected chi connectivity index (χ3v) is 3.63. The lowest BCUT2D eigenvalue weighted by molar-refractivity contribution is -0.123. The van der Waals surface area contributed by atoms with Gasteiger partial charge in [0.2, 0.25) is 0 Å². The molecule has 0 fully saturated rings. The standard InChI is InChI=1S/C16H14BrClN2O3/c1-10-7-12(17)5-6-14(10)23-9-15(21)19-20-16(22)11-3-2-4-13(18)8-11/h2-8H,9H2,1H3,(H,19,21)(H,20,22). The molecule has 0 heterocycles. The number of amides is 2. The van der Waals surface area contributed by atoms with Crippen LogP contribution in [0.4, 0.5) is 0 Å². The highest BCUT2D eigenvalue weighted by atomic mass is 79.9. The second-order valence-corrected chi connectivity index (χ2v) is 6.06. The van der Waals surface area contributed by atoms with Crippen molar-refractivity contribution in [1.29, 1.82) is 0 Å². The van der Waals surface area contributed by atoms with E-state index in [1.165, 1.54) is 6.07 Å². The smallest absolute Gasteiger partial charge is 0.276 e. The number of ether oxygens (including phenoxy) is 1. The highest BCUT2D eigenvalue weighted by Gasteiger charge is 2.09. The Labute approximate surface area is 147 Å². The molecule has 2 aromatic rings. The lowest BCUT2D eigenvalue weighted by atomic mass is 10.2. The Morgan fingerprint density at radius 3 is 2.65 bits per heavy atom. The van der Waals surface area contributed by atoms with Gasteiger partial charge in [-0.2, -0.15) is 0 Å². The summed E-state index contributed by atoms with van der Waals surface area (Å²) in [5.41, 5.74) is 5.83. The largest absolute Gasteiger partial charge is 0.483 e. The number of carbonyl (C=O) groups is 2. The van der Waals surface area contributed by atoms with Crippen molar-refractivity contribution in [2.45, 2.75) is 6.92 Å². The van der Waals surface area contributed by atoms with Crippen LogP contribution in [0.2, 0.25) is 5.02 Å². The number of aryl methyl sites for hydroxylation is 1. The molecule has 120 valence electrons. The summed E-state index contributed by atoms with van der Waals surface area (Å²) >= 11 is 9.16. The van der Waals surface area contributed by atoms with Crippen LogP contribution in [0.5, 0.6) is 5.75 Å². The SMILES string of the molecule is Cc1cc(Br)ccc1OCC(=O)NNC(=O)c1cccc(Cl)c1. The van der Waals surface area contributed by atoms with Crippen LogP contribution >= 0.6 is 27.5 Å². The predicted molar refractivity (Wildman–Crippen MR) is 91.4 cm³/mol. The fourth-order valence-corrected chi connectivity index (χ4v) is 2.45. The molecule has 2 aromatic carbocycles. The average Bonchev–Trinajstić information content (AvgIpc) is 2.51. The highest BCUT2D eigenvalue weighted by Crippen LogP contribution is 2.21. The number of carbonyl (C=O) groups excluding carboxylic acids is 2. The molecule has 0 unspecified atom stereocenters. The molecule has 0 atom stereocenters. The number of hydrogen-bond acceptors (Lipinski definition) is 3. The number of halogens is 2. The predicted octanol–water partition coefficient (Wildman–Crippen LogP) is 3.25. The van der Waals surface area contributed by atoms with Crippen LogP contribution in [-0.2, 0) is 4.79 Å². The average molecular weight is 398 g/mol. The van der Waals surface area contributed by atoms with Crippen molar-refractivity contribution in [3.8, 4) is 5.75 Å². The summed E-state index contributed by atoms with van der Waals surface area (Å²) in [5.74, 6) is -0.326. The summed E-state index contributed by atoms with van der Waals surface area (Å²) in [6.45, 7) is 1.66. The van der Waals surface area contributed by atoms with E-state index in [2.05, 4.69) is 26.8 Å². The van der Waals surface area contributed by atoms with Crippen molar-refractivity contribution in [3.63, 3.8) is 0 Å². The van der Waals surface area contributed by atoms with Gasteiger partial charge in [-0.15, -0.1) is 0 Å². The van der Waals surface area contributed by atoms with Gasteiger partial charge in [-0.25, -0.2) is 0 Å². The first kappa shape index (κ1) is 17.3. The quantitative estimate of drug-likeness (QED) is 0.778. The van der Waals surface area contributed by atoms with Gasteiger partial charge in [0.1, 0.15) is 5.75 Å². The molecule has 0 bridgehead atoms. The summed E-state index contributed by atoms with van der Waals surface area (Å²) in [6.07, 6.45) is 0. The molecule has 2 N–H and O–H groups in total. The third-order valence-electron chi connectivity index (χ3n) is 2.90. The summed E-state index contributed by atoms with van der Waals surface area (Å²) in [7, 11) is 0. The summed E-state index contributed by atoms with van der Waals surface area (Å²) in [5, 5.41) is 0.443. The molecule has 23 heavy (non-hydrogen) atoms. The van der Waals surface area contributed by atoms with E-state index >= 15 is 0 Å². The molecule has 0 spiro atoms. The maximum Gasteiger partial charge on any atom is 0.276 e. The minimum absolute atomic E-state index is 0.210. The molecule has 0 aliphatic heterocycles. The first-order valence-electron chi connectivity index (χ1n) is 6.69. The lowest BCUT2D eigenvalue weighted by Crippen LogP contribution is -2.43. The van der Waals surface area contributed by atoms with E-state index in [9.17, 15) is 9.59 Å². The summed E-state index contributed by atoms with van der Waals surface area (Å²) in [4.78, 5) is 23.5. The molecule has 7 heteroatoms. The van der Waals surface area contributed by atoms with E-state index in [1.54, 1.807) is 24.3 Å². The van der Waals surface area contributed by atoms with Crippen LogP contribution in [0, 0.1) is 6.92 Å². The van der Waals surface area contributed by atoms with Crippen molar-refractivity contribution >= 4 is 39.3 Å². The number of rotatable bonds is 4. The third kappa shape index (κ3) is 5.26. The van der Waals surface area contributed by atoms with Gasteiger partial charge in [0.25, 0.3) is 11.8 Å². The second-order valence-electron chi connectivity index (χ2n) is 4.71. The second kappa shape index (κ2) is 7.99. The number of hydrogen-bond donors (Lipinski definition) is 2. The van der Waals surface area contributed by atoms with Crippen LogP contribution in [0.3, 0.4) is 0 Å². The van der Waals surface area contributed by atoms with Gasteiger partial charge in [-0.3, -0.25) is 20.4 Å². The molecule has 0 radical (unpaired) electrons. The van der Waals surface area contributed by atoms with E-state index in [0.717, 1.165) is 10.0 Å². The van der Waals surface area contributed by atoms with Crippen molar-refractivity contribution in [2.75, 3.05) is 6.61 Å². The Balaban J connectivity index is 1.82. The Morgan fingerprint density at radius 1 is 1.17 bits per heavy atom. The van der Waals surface area contributed by atoms with Crippen LogP contribution < -0.4 is 15.6 Å². The van der Waals surface area contributed by atoms with E-state index in [-0.39, 0.29) is 6.61 Å². The molecule has 0 aliphatic carbocycles. The molecule has 5 nitrogen and oxygen atoms in total. The number of hydrazine groups is 1. The van der Waals surface area contributed by atoms with E-state index in [1.807, 2.05) is 19.1 Å². The first-order chi connectivity index (χ1) is 11.0. The van der Waals surface area contributed by atoms with Crippen LogP contribution in [0.25, 0.3) is 0 Å². The Hall–Kier alpha value is -2.05. The van der Waals surface area contributed by atoms with Gasteiger partial charge in [0.15, 0.2) is 6.61 Å².